The van der Waals surface area contributed by atoms with E-state index in [1.807, 2.05) is 30.0 Å². The number of benzene rings is 1. The number of thiophene rings is 1. The lowest BCUT2D eigenvalue weighted by atomic mass is 10.1. The molecule has 0 aliphatic heterocycles. The third kappa shape index (κ3) is 3.93. The van der Waals surface area contributed by atoms with Crippen molar-refractivity contribution in [1.82, 2.24) is 4.90 Å². The second kappa shape index (κ2) is 7.02. The van der Waals surface area contributed by atoms with E-state index in [9.17, 15) is 9.18 Å². The Labute approximate surface area is 144 Å². The predicted molar refractivity (Wildman–Crippen MR) is 92.3 cm³/mol. The van der Waals surface area contributed by atoms with Crippen LogP contribution >= 0.6 is 22.9 Å². The molecular weight excluding hydrogens is 333 g/mol. The molecule has 122 valence electrons. The summed E-state index contributed by atoms with van der Waals surface area (Å²) in [6, 6.07) is 10.5. The molecule has 1 amide bonds. The van der Waals surface area contributed by atoms with Gasteiger partial charge in [-0.25, -0.2) is 4.39 Å². The zero-order valence-corrected chi connectivity index (χ0v) is 14.5. The molecule has 0 bridgehead atoms. The maximum Gasteiger partial charge on any atom is 0.223 e. The van der Waals surface area contributed by atoms with Gasteiger partial charge in [0.05, 0.1) is 10.4 Å². The molecule has 23 heavy (non-hydrogen) atoms. The number of aryl methyl sites for hydroxylation is 1. The number of carbonyl (C=O) groups is 1. The van der Waals surface area contributed by atoms with Crippen molar-refractivity contribution in [2.24, 2.45) is 0 Å². The molecule has 1 heterocycles. The molecule has 1 aliphatic rings. The maximum atomic E-state index is 14.1. The lowest BCUT2D eigenvalue weighted by Crippen LogP contribution is -2.36. The molecule has 2 aromatic rings. The van der Waals surface area contributed by atoms with Gasteiger partial charge in [-0.3, -0.25) is 4.79 Å². The van der Waals surface area contributed by atoms with Crippen LogP contribution in [0, 0.1) is 5.82 Å². The number of rotatable bonds is 6. The van der Waals surface area contributed by atoms with Crippen LogP contribution in [-0.4, -0.2) is 16.8 Å². The van der Waals surface area contributed by atoms with Crippen LogP contribution in [0.25, 0.3) is 0 Å². The molecule has 0 saturated heterocycles. The van der Waals surface area contributed by atoms with Crippen LogP contribution in [0.15, 0.2) is 36.4 Å². The van der Waals surface area contributed by atoms with E-state index in [0.29, 0.717) is 18.4 Å². The lowest BCUT2D eigenvalue weighted by molar-refractivity contribution is -0.134. The summed E-state index contributed by atoms with van der Waals surface area (Å²) in [6.45, 7) is 1.91. The molecule has 5 heteroatoms. The van der Waals surface area contributed by atoms with Gasteiger partial charge in [-0.15, -0.1) is 11.3 Å². The van der Waals surface area contributed by atoms with Gasteiger partial charge in [0, 0.05) is 22.9 Å². The summed E-state index contributed by atoms with van der Waals surface area (Å²) in [4.78, 5) is 15.7. The molecule has 0 N–H and O–H groups in total. The number of carbonyl (C=O) groups excluding carboxylic acids is 1. The minimum atomic E-state index is -0.247. The molecule has 1 aromatic carbocycles. The van der Waals surface area contributed by atoms with Gasteiger partial charge in [0.25, 0.3) is 0 Å². The molecule has 3 rings (SSSR count). The monoisotopic (exact) mass is 351 g/mol. The molecule has 1 fully saturated rings. The fraction of sp³-hybridized carbons (Fsp3) is 0.389. The zero-order valence-electron chi connectivity index (χ0n) is 13.0. The molecular formula is C18H19ClFNOS. The SMILES string of the molecule is CC(c1ccccc1F)N(C(=O)CCc1ccc(Cl)s1)C1CC1. The lowest BCUT2D eigenvalue weighted by Gasteiger charge is -2.30. The Bertz CT molecular complexity index is 698. The second-order valence-corrected chi connectivity index (χ2v) is 7.74. The zero-order chi connectivity index (χ0) is 16.4. The highest BCUT2D eigenvalue weighted by Gasteiger charge is 2.36. The van der Waals surface area contributed by atoms with E-state index in [2.05, 4.69) is 0 Å². The van der Waals surface area contributed by atoms with E-state index in [4.69, 9.17) is 11.6 Å². The first-order valence-corrected chi connectivity index (χ1v) is 9.05. The number of halogens is 2. The predicted octanol–water partition coefficient (Wildman–Crippen LogP) is 5.23. The van der Waals surface area contributed by atoms with Crippen LogP contribution in [0.3, 0.4) is 0 Å². The third-order valence-electron chi connectivity index (χ3n) is 4.21. The standard InChI is InChI=1S/C18H19ClFNOS/c1-12(15-4-2-3-5-16(15)20)21(13-6-7-13)18(22)11-9-14-8-10-17(19)23-14/h2-5,8,10,12-13H,6-7,9,11H2,1H3. The summed E-state index contributed by atoms with van der Waals surface area (Å²) in [5.74, 6) is -0.156. The summed E-state index contributed by atoms with van der Waals surface area (Å²) >= 11 is 7.44. The van der Waals surface area contributed by atoms with Crippen molar-refractivity contribution in [3.05, 3.63) is 57.0 Å². The summed E-state index contributed by atoms with van der Waals surface area (Å²) < 4.78 is 14.8. The highest BCUT2D eigenvalue weighted by molar-refractivity contribution is 7.16. The largest absolute Gasteiger partial charge is 0.333 e. The average Bonchev–Trinajstić information content (AvgIpc) is 3.27. The summed E-state index contributed by atoms with van der Waals surface area (Å²) in [6.07, 6.45) is 3.14. The second-order valence-electron chi connectivity index (χ2n) is 5.94. The van der Waals surface area contributed by atoms with Crippen molar-refractivity contribution in [2.75, 3.05) is 0 Å². The summed E-state index contributed by atoms with van der Waals surface area (Å²) in [5, 5.41) is 0. The first kappa shape index (κ1) is 16.5. The number of nitrogens with zero attached hydrogens (tertiary/aromatic N) is 1. The van der Waals surface area contributed by atoms with E-state index < -0.39 is 0 Å². The van der Waals surface area contributed by atoms with Crippen LogP contribution in [0.5, 0.6) is 0 Å². The Hall–Kier alpha value is -1.39. The van der Waals surface area contributed by atoms with E-state index in [1.165, 1.54) is 17.4 Å². The van der Waals surface area contributed by atoms with Gasteiger partial charge in [-0.1, -0.05) is 29.8 Å². The minimum Gasteiger partial charge on any atom is -0.333 e. The van der Waals surface area contributed by atoms with Crippen LogP contribution < -0.4 is 0 Å². The van der Waals surface area contributed by atoms with Crippen LogP contribution in [-0.2, 0) is 11.2 Å². The quantitative estimate of drug-likeness (QED) is 0.698. The van der Waals surface area contributed by atoms with Gasteiger partial charge < -0.3 is 4.90 Å². The molecule has 0 spiro atoms. The molecule has 1 atom stereocenters. The molecule has 1 unspecified atom stereocenters. The number of amides is 1. The average molecular weight is 352 g/mol. The fourth-order valence-electron chi connectivity index (χ4n) is 2.90. The van der Waals surface area contributed by atoms with Crippen LogP contribution in [0.4, 0.5) is 4.39 Å². The topological polar surface area (TPSA) is 20.3 Å². The van der Waals surface area contributed by atoms with Crippen molar-refractivity contribution >= 4 is 28.8 Å². The van der Waals surface area contributed by atoms with Crippen molar-refractivity contribution in [3.8, 4) is 0 Å². The minimum absolute atomic E-state index is 0.0905. The highest BCUT2D eigenvalue weighted by atomic mass is 35.5. The Morgan fingerprint density at radius 2 is 2.09 bits per heavy atom. The van der Waals surface area contributed by atoms with Gasteiger partial charge in [0.2, 0.25) is 5.91 Å². The smallest absolute Gasteiger partial charge is 0.223 e. The normalized spacial score (nSPS) is 15.4. The van der Waals surface area contributed by atoms with Crippen molar-refractivity contribution in [1.29, 1.82) is 0 Å². The van der Waals surface area contributed by atoms with Gasteiger partial charge in [-0.05, 0) is 44.4 Å². The third-order valence-corrected chi connectivity index (χ3v) is 5.51. The van der Waals surface area contributed by atoms with Crippen molar-refractivity contribution in [3.63, 3.8) is 0 Å². The van der Waals surface area contributed by atoms with Crippen molar-refractivity contribution in [2.45, 2.75) is 44.7 Å². The van der Waals surface area contributed by atoms with E-state index in [0.717, 1.165) is 22.1 Å². The van der Waals surface area contributed by atoms with E-state index in [-0.39, 0.29) is 23.8 Å². The number of hydrogen-bond donors (Lipinski definition) is 0. The first-order chi connectivity index (χ1) is 11.1. The summed E-state index contributed by atoms with van der Waals surface area (Å²) in [5.41, 5.74) is 0.590. The highest BCUT2D eigenvalue weighted by Crippen LogP contribution is 2.36. The Morgan fingerprint density at radius 1 is 1.35 bits per heavy atom. The molecule has 1 aromatic heterocycles. The molecule has 2 nitrogen and oxygen atoms in total. The van der Waals surface area contributed by atoms with E-state index >= 15 is 0 Å². The Morgan fingerprint density at radius 3 is 2.70 bits per heavy atom. The van der Waals surface area contributed by atoms with Gasteiger partial charge in [0.1, 0.15) is 5.82 Å². The molecule has 0 radical (unpaired) electrons. The molecule has 1 aliphatic carbocycles. The molecule has 1 saturated carbocycles. The van der Waals surface area contributed by atoms with Gasteiger partial charge in [0.15, 0.2) is 0 Å². The van der Waals surface area contributed by atoms with Crippen LogP contribution in [0.2, 0.25) is 4.34 Å². The summed E-state index contributed by atoms with van der Waals surface area (Å²) in [7, 11) is 0. The first-order valence-electron chi connectivity index (χ1n) is 7.86. The van der Waals surface area contributed by atoms with E-state index in [1.54, 1.807) is 12.1 Å². The Kier molecular flexibility index (Phi) is 5.02. The number of hydrogen-bond acceptors (Lipinski definition) is 2. The fourth-order valence-corrected chi connectivity index (χ4v) is 3.98. The van der Waals surface area contributed by atoms with Gasteiger partial charge >= 0.3 is 0 Å². The Balaban J connectivity index is 1.71. The van der Waals surface area contributed by atoms with Gasteiger partial charge in [-0.2, -0.15) is 0 Å². The van der Waals surface area contributed by atoms with Crippen LogP contribution in [0.1, 0.15) is 42.7 Å². The van der Waals surface area contributed by atoms with Crippen molar-refractivity contribution < 1.29 is 9.18 Å². The maximum absolute atomic E-state index is 14.1.